The number of unbranched alkanes of at least 4 members (excludes halogenated alkanes) is 2. The van der Waals surface area contributed by atoms with Crippen LogP contribution in [0.2, 0.25) is 5.02 Å². The maximum Gasteiger partial charge on any atom is 0.255 e. The van der Waals surface area contributed by atoms with Crippen molar-refractivity contribution in [3.63, 3.8) is 0 Å². The van der Waals surface area contributed by atoms with Crippen LogP contribution in [0.1, 0.15) is 105 Å². The van der Waals surface area contributed by atoms with Crippen LogP contribution in [0.3, 0.4) is 0 Å². The van der Waals surface area contributed by atoms with Crippen LogP contribution in [0.15, 0.2) is 59.9 Å². The highest BCUT2D eigenvalue weighted by molar-refractivity contribution is 7.15. The molecule has 3 amide bonds. The van der Waals surface area contributed by atoms with Crippen LogP contribution >= 0.6 is 22.9 Å². The smallest absolute Gasteiger partial charge is 0.255 e. The molecular formula is C40H37ClN8O3S. The van der Waals surface area contributed by atoms with Gasteiger partial charge in [-0.2, -0.15) is 5.10 Å². The predicted octanol–water partition coefficient (Wildman–Crippen LogP) is 6.28. The average molecular weight is 745 g/mol. The van der Waals surface area contributed by atoms with Gasteiger partial charge in [-0.3, -0.25) is 33.9 Å². The van der Waals surface area contributed by atoms with E-state index >= 15 is 0 Å². The molecule has 2 aromatic carbocycles. The highest BCUT2D eigenvalue weighted by atomic mass is 35.5. The summed E-state index contributed by atoms with van der Waals surface area (Å²) >= 11 is 7.85. The largest absolute Gasteiger partial charge is 0.322 e. The first-order valence-electron chi connectivity index (χ1n) is 17.9. The molecule has 1 fully saturated rings. The van der Waals surface area contributed by atoms with Gasteiger partial charge in [0, 0.05) is 47.4 Å². The van der Waals surface area contributed by atoms with E-state index in [1.54, 1.807) is 16.2 Å². The van der Waals surface area contributed by atoms with Gasteiger partial charge < -0.3 is 4.90 Å². The number of nitrogens with zero attached hydrogens (tertiary/aromatic N) is 7. The van der Waals surface area contributed by atoms with Gasteiger partial charge in [0.05, 0.1) is 22.3 Å². The molecule has 1 saturated heterocycles. The number of carbonyl (C=O) groups is 3. The molecule has 3 aliphatic heterocycles. The van der Waals surface area contributed by atoms with Crippen LogP contribution in [-0.4, -0.2) is 58.9 Å². The number of imide groups is 1. The van der Waals surface area contributed by atoms with Gasteiger partial charge in [-0.15, -0.1) is 21.5 Å². The Hall–Kier alpha value is -5.38. The van der Waals surface area contributed by atoms with Crippen molar-refractivity contribution in [3.05, 3.63) is 115 Å². The summed E-state index contributed by atoms with van der Waals surface area (Å²) in [6.45, 7) is 7.29. The van der Waals surface area contributed by atoms with Gasteiger partial charge in [-0.25, -0.2) is 0 Å². The fourth-order valence-corrected chi connectivity index (χ4v) is 8.68. The number of hydrogen-bond donors (Lipinski definition) is 1. The molecule has 13 heteroatoms. The van der Waals surface area contributed by atoms with Crippen molar-refractivity contribution < 1.29 is 14.4 Å². The summed E-state index contributed by atoms with van der Waals surface area (Å²) in [5.41, 5.74) is 7.60. The summed E-state index contributed by atoms with van der Waals surface area (Å²) < 4.78 is 4.06. The summed E-state index contributed by atoms with van der Waals surface area (Å²) in [6, 6.07) is 13.0. The zero-order valence-electron chi connectivity index (χ0n) is 29.6. The minimum atomic E-state index is -0.596. The van der Waals surface area contributed by atoms with E-state index < -0.39 is 6.04 Å². The van der Waals surface area contributed by atoms with E-state index in [2.05, 4.69) is 50.0 Å². The Morgan fingerprint density at radius 2 is 1.85 bits per heavy atom. The van der Waals surface area contributed by atoms with Crippen LogP contribution in [0.5, 0.6) is 0 Å². The van der Waals surface area contributed by atoms with Crippen LogP contribution in [0.25, 0.3) is 5.00 Å². The maximum absolute atomic E-state index is 13.0. The van der Waals surface area contributed by atoms with Gasteiger partial charge in [0.15, 0.2) is 5.82 Å². The molecule has 1 N–H and O–H groups in total. The molecular weight excluding hydrogens is 708 g/mol. The third-order valence-electron chi connectivity index (χ3n) is 10.1. The molecule has 6 heterocycles. The van der Waals surface area contributed by atoms with E-state index in [1.807, 2.05) is 67.3 Å². The number of aliphatic imine (C=N–C) groups is 1. The Labute approximate surface area is 316 Å². The number of hydrogen-bond acceptors (Lipinski definition) is 8. The summed E-state index contributed by atoms with van der Waals surface area (Å²) in [5, 5.41) is 17.5. The Balaban J connectivity index is 0.896. The topological polar surface area (TPSA) is 127 Å². The summed E-state index contributed by atoms with van der Waals surface area (Å²) in [7, 11) is 0. The van der Waals surface area contributed by atoms with E-state index in [0.717, 1.165) is 87.3 Å². The number of fused-ring (bicyclic) bond motifs is 4. The van der Waals surface area contributed by atoms with Gasteiger partial charge in [0.25, 0.3) is 5.91 Å². The lowest BCUT2D eigenvalue weighted by molar-refractivity contribution is -0.136. The van der Waals surface area contributed by atoms with Crippen molar-refractivity contribution in [3.8, 4) is 16.8 Å². The molecule has 5 aromatic rings. The van der Waals surface area contributed by atoms with E-state index in [1.165, 1.54) is 5.56 Å². The van der Waals surface area contributed by atoms with Crippen molar-refractivity contribution in [1.29, 1.82) is 0 Å². The number of aryl methyl sites for hydroxylation is 3. The SMILES string of the molecule is Cc1c(C#Cc2cnn(CCCCCc3ccc4c(c3)CN(C3CCC(=O)NC3=O)C4=O)c2)sc2c1C(c1ccc(Cl)cc1)=N[C@@H](C)c1nnc(C)n1-2. The maximum atomic E-state index is 13.0. The number of amides is 3. The zero-order valence-corrected chi connectivity index (χ0v) is 31.2. The van der Waals surface area contributed by atoms with Gasteiger partial charge in [0.1, 0.15) is 22.9 Å². The molecule has 11 nitrogen and oxygen atoms in total. The average Bonchev–Trinajstić information content (AvgIpc) is 3.90. The van der Waals surface area contributed by atoms with Gasteiger partial charge >= 0.3 is 0 Å². The Morgan fingerprint density at radius 3 is 2.66 bits per heavy atom. The van der Waals surface area contributed by atoms with E-state index in [-0.39, 0.29) is 30.2 Å². The second-order valence-electron chi connectivity index (χ2n) is 13.8. The molecule has 0 saturated carbocycles. The first kappa shape index (κ1) is 34.7. The molecule has 0 radical (unpaired) electrons. The number of piperidine rings is 1. The number of rotatable bonds is 8. The van der Waals surface area contributed by atoms with Crippen molar-refractivity contribution in [2.24, 2.45) is 4.99 Å². The molecule has 0 bridgehead atoms. The summed E-state index contributed by atoms with van der Waals surface area (Å²) in [5.74, 6) is 7.57. The van der Waals surface area contributed by atoms with E-state index in [0.29, 0.717) is 23.6 Å². The molecule has 53 heavy (non-hydrogen) atoms. The molecule has 1 unspecified atom stereocenters. The lowest BCUT2D eigenvalue weighted by Gasteiger charge is -2.29. The normalized spacial score (nSPS) is 17.8. The van der Waals surface area contributed by atoms with E-state index in [4.69, 9.17) is 16.6 Å². The van der Waals surface area contributed by atoms with Crippen LogP contribution in [-0.2, 0) is 29.1 Å². The lowest BCUT2D eigenvalue weighted by atomic mass is 9.99. The van der Waals surface area contributed by atoms with Crippen molar-refractivity contribution in [2.45, 2.75) is 84.5 Å². The summed E-state index contributed by atoms with van der Waals surface area (Å²) in [4.78, 5) is 44.6. The van der Waals surface area contributed by atoms with E-state index in [9.17, 15) is 14.4 Å². The molecule has 3 aliphatic rings. The van der Waals surface area contributed by atoms with Gasteiger partial charge in [0.2, 0.25) is 11.8 Å². The van der Waals surface area contributed by atoms with Crippen molar-refractivity contribution in [1.82, 2.24) is 34.8 Å². The number of aromatic nitrogens is 5. The first-order chi connectivity index (χ1) is 25.6. The first-order valence-corrected chi connectivity index (χ1v) is 19.0. The molecule has 8 rings (SSSR count). The number of carbonyl (C=O) groups excluding carboxylic acids is 3. The van der Waals surface area contributed by atoms with Gasteiger partial charge in [-0.1, -0.05) is 54.1 Å². The van der Waals surface area contributed by atoms with Crippen molar-refractivity contribution in [2.75, 3.05) is 0 Å². The Morgan fingerprint density at radius 1 is 1.02 bits per heavy atom. The second kappa shape index (κ2) is 14.2. The summed E-state index contributed by atoms with van der Waals surface area (Å²) in [6.07, 6.45) is 8.34. The minimum Gasteiger partial charge on any atom is -0.322 e. The molecule has 2 atom stereocenters. The minimum absolute atomic E-state index is 0.141. The molecule has 0 aliphatic carbocycles. The zero-order chi connectivity index (χ0) is 36.8. The van der Waals surface area contributed by atoms with Crippen molar-refractivity contribution >= 4 is 46.4 Å². The third-order valence-corrected chi connectivity index (χ3v) is 11.6. The number of nitrogens with one attached hydrogen (secondary N) is 1. The highest BCUT2D eigenvalue weighted by Gasteiger charge is 2.39. The molecule has 0 spiro atoms. The van der Waals surface area contributed by atoms with Crippen LogP contribution in [0.4, 0.5) is 0 Å². The number of benzene rings is 2. The van der Waals surface area contributed by atoms with Crippen LogP contribution < -0.4 is 5.32 Å². The third kappa shape index (κ3) is 6.71. The number of thiophene rings is 1. The lowest BCUT2D eigenvalue weighted by Crippen LogP contribution is -2.52. The number of halogens is 1. The highest BCUT2D eigenvalue weighted by Crippen LogP contribution is 2.39. The predicted molar refractivity (Wildman–Crippen MR) is 202 cm³/mol. The quantitative estimate of drug-likeness (QED) is 0.113. The molecule has 3 aromatic heterocycles. The van der Waals surface area contributed by atoms with Gasteiger partial charge in [-0.05, 0) is 81.3 Å². The Kier molecular flexibility index (Phi) is 9.30. The second-order valence-corrected chi connectivity index (χ2v) is 15.2. The standard InChI is InChI=1S/C40H37ClN8O3S/c1-23-33(53-40-35(23)36(28-10-12-30(41)13-11-28)43-24(2)37-46-45-25(3)49(37)40)16-9-27-20-42-47(21-27)18-6-4-5-7-26-8-14-31-29(19-26)22-48(39(31)52)32-15-17-34(50)44-38(32)51/h8,10-14,19-21,24,32H,4-7,15,17-18,22H2,1-3H3,(H,44,50,51)/t24-,32?/m0/s1. The Bertz CT molecular complexity index is 2380. The fourth-order valence-electron chi connectivity index (χ4n) is 7.34. The van der Waals surface area contributed by atoms with Crippen LogP contribution in [0, 0.1) is 25.7 Å². The molecule has 268 valence electrons. The monoisotopic (exact) mass is 744 g/mol. The fraction of sp³-hybridized carbons (Fsp3) is 0.325.